The van der Waals surface area contributed by atoms with Crippen molar-refractivity contribution < 1.29 is 9.84 Å². The minimum absolute atomic E-state index is 0.0898. The highest BCUT2D eigenvalue weighted by Crippen LogP contribution is 2.38. The number of hydrogen-bond donors (Lipinski definition) is 2. The van der Waals surface area contributed by atoms with Gasteiger partial charge in [0.25, 0.3) is 5.56 Å². The van der Waals surface area contributed by atoms with Crippen molar-refractivity contribution in [3.05, 3.63) is 77.3 Å². The Kier molecular flexibility index (Phi) is 3.54. The van der Waals surface area contributed by atoms with Crippen molar-refractivity contribution >= 4 is 10.9 Å². The first-order chi connectivity index (χ1) is 12.1. The average Bonchev–Trinajstić information content (AvgIpc) is 3.10. The van der Waals surface area contributed by atoms with Crippen molar-refractivity contribution in [3.8, 4) is 28.4 Å². The maximum absolute atomic E-state index is 12.3. The van der Waals surface area contributed by atoms with Crippen LogP contribution in [-0.4, -0.2) is 14.7 Å². The molecule has 0 amide bonds. The number of phenolic OH excluding ortho intramolecular Hbond substituents is 1. The number of nitrogens with one attached hydrogen (secondary N) is 1. The zero-order valence-electron chi connectivity index (χ0n) is 13.6. The topological polar surface area (TPSA) is 67.2 Å². The van der Waals surface area contributed by atoms with Gasteiger partial charge in [-0.2, -0.15) is 0 Å². The number of nitrogens with zero attached hydrogens (tertiary/aromatic N) is 1. The van der Waals surface area contributed by atoms with Crippen LogP contribution in [0.15, 0.2) is 71.8 Å². The highest BCUT2D eigenvalue weighted by molar-refractivity contribution is 5.96. The lowest BCUT2D eigenvalue weighted by Crippen LogP contribution is -2.16. The van der Waals surface area contributed by atoms with E-state index in [1.165, 1.54) is 4.57 Å². The molecule has 0 atom stereocenters. The Morgan fingerprint density at radius 1 is 1.04 bits per heavy atom. The second-order valence-electron chi connectivity index (χ2n) is 5.82. The van der Waals surface area contributed by atoms with E-state index in [0.29, 0.717) is 17.0 Å². The van der Waals surface area contributed by atoms with E-state index in [0.717, 1.165) is 16.5 Å². The molecular weight excluding hydrogens is 316 g/mol. The van der Waals surface area contributed by atoms with E-state index in [2.05, 4.69) is 4.98 Å². The number of phenols is 1. The standard InChI is InChI=1S/C20H16N2O3/c1-22-12-17(16-9-10-21-19(16)20(22)24)15-8-7-13(23)11-18(15)25-14-5-3-2-4-6-14/h2-12,21,23H,1H3. The van der Waals surface area contributed by atoms with Crippen molar-refractivity contribution in [2.24, 2.45) is 7.05 Å². The molecule has 0 aliphatic carbocycles. The van der Waals surface area contributed by atoms with Crippen LogP contribution >= 0.6 is 0 Å². The summed E-state index contributed by atoms with van der Waals surface area (Å²) in [5.74, 6) is 1.31. The number of benzene rings is 2. The van der Waals surface area contributed by atoms with E-state index < -0.39 is 0 Å². The molecule has 5 nitrogen and oxygen atoms in total. The largest absolute Gasteiger partial charge is 0.508 e. The SMILES string of the molecule is Cn1cc(-c2ccc(O)cc2Oc2ccccc2)c2cc[nH]c2c1=O. The third-order valence-electron chi connectivity index (χ3n) is 4.12. The number of para-hydroxylation sites is 1. The normalized spacial score (nSPS) is 10.9. The Morgan fingerprint density at radius 3 is 2.64 bits per heavy atom. The Hall–Kier alpha value is -3.47. The molecule has 124 valence electrons. The van der Waals surface area contributed by atoms with Crippen LogP contribution in [-0.2, 0) is 7.05 Å². The van der Waals surface area contributed by atoms with Crippen LogP contribution in [0.25, 0.3) is 22.0 Å². The lowest BCUT2D eigenvalue weighted by molar-refractivity contribution is 0.456. The Labute approximate surface area is 143 Å². The molecule has 0 spiro atoms. The maximum Gasteiger partial charge on any atom is 0.274 e. The molecule has 0 saturated carbocycles. The number of aromatic hydroxyl groups is 1. The molecule has 0 saturated heterocycles. The number of pyridine rings is 1. The van der Waals surface area contributed by atoms with Gasteiger partial charge in [0.15, 0.2) is 0 Å². The van der Waals surface area contributed by atoms with Crippen molar-refractivity contribution in [2.45, 2.75) is 0 Å². The van der Waals surface area contributed by atoms with Gasteiger partial charge in [-0.1, -0.05) is 18.2 Å². The summed E-state index contributed by atoms with van der Waals surface area (Å²) < 4.78 is 7.52. The molecule has 0 aliphatic heterocycles. The first-order valence-electron chi connectivity index (χ1n) is 7.86. The van der Waals surface area contributed by atoms with Gasteiger partial charge in [-0.25, -0.2) is 0 Å². The average molecular weight is 332 g/mol. The lowest BCUT2D eigenvalue weighted by Gasteiger charge is -2.13. The van der Waals surface area contributed by atoms with Gasteiger partial charge >= 0.3 is 0 Å². The summed E-state index contributed by atoms with van der Waals surface area (Å²) in [4.78, 5) is 15.3. The third kappa shape index (κ3) is 2.65. The molecule has 2 heterocycles. The van der Waals surface area contributed by atoms with Crippen LogP contribution < -0.4 is 10.3 Å². The summed E-state index contributed by atoms with van der Waals surface area (Å²) in [6.45, 7) is 0. The van der Waals surface area contributed by atoms with Crippen molar-refractivity contribution in [1.29, 1.82) is 0 Å². The first kappa shape index (κ1) is 15.1. The molecule has 0 unspecified atom stereocenters. The predicted octanol–water partition coefficient (Wildman–Crippen LogP) is 4.03. The highest BCUT2D eigenvalue weighted by Gasteiger charge is 2.15. The number of hydrogen-bond acceptors (Lipinski definition) is 3. The van der Waals surface area contributed by atoms with Crippen LogP contribution in [0.4, 0.5) is 0 Å². The molecule has 0 radical (unpaired) electrons. The van der Waals surface area contributed by atoms with E-state index in [-0.39, 0.29) is 11.3 Å². The minimum Gasteiger partial charge on any atom is -0.508 e. The summed E-state index contributed by atoms with van der Waals surface area (Å²) >= 11 is 0. The number of H-pyrrole nitrogens is 1. The van der Waals surface area contributed by atoms with Crippen LogP contribution in [0.2, 0.25) is 0 Å². The molecule has 0 fully saturated rings. The Morgan fingerprint density at radius 2 is 1.84 bits per heavy atom. The zero-order chi connectivity index (χ0) is 17.4. The van der Waals surface area contributed by atoms with Crippen LogP contribution in [0.5, 0.6) is 17.2 Å². The second-order valence-corrected chi connectivity index (χ2v) is 5.82. The van der Waals surface area contributed by atoms with E-state index >= 15 is 0 Å². The fraction of sp³-hybridized carbons (Fsp3) is 0.0500. The first-order valence-corrected chi connectivity index (χ1v) is 7.86. The number of fused-ring (bicyclic) bond motifs is 1. The van der Waals surface area contributed by atoms with E-state index in [1.807, 2.05) is 36.4 Å². The van der Waals surface area contributed by atoms with Gasteiger partial charge < -0.3 is 19.4 Å². The molecule has 4 aromatic rings. The predicted molar refractivity (Wildman–Crippen MR) is 97.2 cm³/mol. The summed E-state index contributed by atoms with van der Waals surface area (Å²) in [6, 6.07) is 16.2. The summed E-state index contributed by atoms with van der Waals surface area (Å²) in [6.07, 6.45) is 3.52. The van der Waals surface area contributed by atoms with E-state index in [1.54, 1.807) is 37.6 Å². The number of aromatic nitrogens is 2. The smallest absolute Gasteiger partial charge is 0.274 e. The van der Waals surface area contributed by atoms with Gasteiger partial charge in [-0.05, 0) is 30.3 Å². The van der Waals surface area contributed by atoms with E-state index in [9.17, 15) is 9.90 Å². The van der Waals surface area contributed by atoms with E-state index in [4.69, 9.17) is 4.74 Å². The molecule has 2 aromatic carbocycles. The molecule has 2 N–H and O–H groups in total. The van der Waals surface area contributed by atoms with Gasteiger partial charge in [0.05, 0.1) is 0 Å². The number of aromatic amines is 1. The van der Waals surface area contributed by atoms with Gasteiger partial charge in [-0.15, -0.1) is 0 Å². The molecule has 0 bridgehead atoms. The Bertz CT molecular complexity index is 1110. The molecular formula is C20H16N2O3. The lowest BCUT2D eigenvalue weighted by atomic mass is 10.0. The molecule has 25 heavy (non-hydrogen) atoms. The fourth-order valence-corrected chi connectivity index (χ4v) is 2.92. The molecule has 0 aliphatic rings. The molecule has 2 aromatic heterocycles. The molecule has 4 rings (SSSR count). The monoisotopic (exact) mass is 332 g/mol. The van der Waals surface area contributed by atoms with Crippen molar-refractivity contribution in [1.82, 2.24) is 9.55 Å². The van der Waals surface area contributed by atoms with Gasteiger partial charge in [0, 0.05) is 42.0 Å². The summed E-state index contributed by atoms with van der Waals surface area (Å²) in [5, 5.41) is 10.7. The number of ether oxygens (including phenoxy) is 1. The minimum atomic E-state index is -0.0898. The van der Waals surface area contributed by atoms with Crippen molar-refractivity contribution in [2.75, 3.05) is 0 Å². The van der Waals surface area contributed by atoms with Gasteiger partial charge in [-0.3, -0.25) is 4.79 Å². The Balaban J connectivity index is 1.93. The second kappa shape index (κ2) is 5.87. The van der Waals surface area contributed by atoms with Crippen LogP contribution in [0, 0.1) is 0 Å². The van der Waals surface area contributed by atoms with Crippen molar-refractivity contribution in [3.63, 3.8) is 0 Å². The third-order valence-corrected chi connectivity index (χ3v) is 4.12. The number of rotatable bonds is 3. The maximum atomic E-state index is 12.3. The highest BCUT2D eigenvalue weighted by atomic mass is 16.5. The van der Waals surface area contributed by atoms with Gasteiger partial charge in [0.2, 0.25) is 0 Å². The van der Waals surface area contributed by atoms with Crippen LogP contribution in [0.3, 0.4) is 0 Å². The summed E-state index contributed by atoms with van der Waals surface area (Å²) in [7, 11) is 1.71. The van der Waals surface area contributed by atoms with Crippen LogP contribution in [0.1, 0.15) is 0 Å². The quantitative estimate of drug-likeness (QED) is 0.595. The summed E-state index contributed by atoms with van der Waals surface area (Å²) in [5.41, 5.74) is 2.10. The van der Waals surface area contributed by atoms with Gasteiger partial charge in [0.1, 0.15) is 22.8 Å². The zero-order valence-corrected chi connectivity index (χ0v) is 13.6. The fourth-order valence-electron chi connectivity index (χ4n) is 2.92. The molecule has 5 heteroatoms. The number of aryl methyl sites for hydroxylation is 1.